The molecule has 0 spiro atoms. The summed E-state index contributed by atoms with van der Waals surface area (Å²) in [4.78, 5) is 21.7. The summed E-state index contributed by atoms with van der Waals surface area (Å²) in [6.07, 6.45) is 3.84. The van der Waals surface area contributed by atoms with Crippen LogP contribution in [-0.4, -0.2) is 74.9 Å². The van der Waals surface area contributed by atoms with E-state index < -0.39 is 0 Å². The van der Waals surface area contributed by atoms with Crippen molar-refractivity contribution in [2.24, 2.45) is 7.05 Å². The number of aromatic nitrogens is 4. The second-order valence-electron chi connectivity index (χ2n) is 7.54. The van der Waals surface area contributed by atoms with Crippen LogP contribution in [0.5, 0.6) is 5.75 Å². The van der Waals surface area contributed by atoms with E-state index >= 15 is 0 Å². The number of hydrogen-bond donors (Lipinski definition) is 0. The maximum atomic E-state index is 13.1. The fraction of sp³-hybridized carbons (Fsp3) is 0.409. The molecule has 3 heterocycles. The predicted molar refractivity (Wildman–Crippen MR) is 115 cm³/mol. The van der Waals surface area contributed by atoms with Gasteiger partial charge in [0.2, 0.25) is 0 Å². The molecule has 1 aromatic carbocycles. The number of ether oxygens (including phenoxy) is 1. The van der Waals surface area contributed by atoms with Crippen molar-refractivity contribution < 1.29 is 9.53 Å². The molecule has 4 rings (SSSR count). The molecule has 0 aliphatic carbocycles. The lowest BCUT2D eigenvalue weighted by molar-refractivity contribution is 0.0622. The van der Waals surface area contributed by atoms with Gasteiger partial charge in [-0.3, -0.25) is 14.4 Å². The molecule has 8 heteroatoms. The zero-order chi connectivity index (χ0) is 21.1. The normalized spacial score (nSPS) is 14.8. The molecular formula is C22H28N6O2. The van der Waals surface area contributed by atoms with Crippen molar-refractivity contribution in [2.45, 2.75) is 13.5 Å². The van der Waals surface area contributed by atoms with Crippen molar-refractivity contribution in [3.8, 4) is 17.0 Å². The number of rotatable bonds is 6. The Kier molecular flexibility index (Phi) is 5.85. The number of nitrogens with zero attached hydrogens (tertiary/aromatic N) is 6. The van der Waals surface area contributed by atoms with Crippen LogP contribution in [0, 0.1) is 6.92 Å². The van der Waals surface area contributed by atoms with E-state index in [4.69, 9.17) is 4.74 Å². The Morgan fingerprint density at radius 3 is 2.60 bits per heavy atom. The van der Waals surface area contributed by atoms with Crippen molar-refractivity contribution in [1.29, 1.82) is 0 Å². The summed E-state index contributed by atoms with van der Waals surface area (Å²) >= 11 is 0. The number of carbonyl (C=O) groups excluding carboxylic acids is 1. The van der Waals surface area contributed by atoms with Gasteiger partial charge >= 0.3 is 0 Å². The Morgan fingerprint density at radius 2 is 1.90 bits per heavy atom. The average molecular weight is 409 g/mol. The largest absolute Gasteiger partial charge is 0.496 e. The molecule has 0 saturated carbocycles. The van der Waals surface area contributed by atoms with E-state index in [1.54, 1.807) is 11.8 Å². The van der Waals surface area contributed by atoms with Crippen LogP contribution in [0.4, 0.5) is 0 Å². The zero-order valence-electron chi connectivity index (χ0n) is 17.8. The van der Waals surface area contributed by atoms with Crippen LogP contribution >= 0.6 is 0 Å². The molecule has 0 atom stereocenters. The number of hydrogen-bond acceptors (Lipinski definition) is 5. The van der Waals surface area contributed by atoms with Gasteiger partial charge in [-0.25, -0.2) is 4.98 Å². The summed E-state index contributed by atoms with van der Waals surface area (Å²) in [5, 5.41) is 4.56. The molecule has 1 amide bonds. The van der Waals surface area contributed by atoms with Gasteiger partial charge in [0, 0.05) is 64.3 Å². The van der Waals surface area contributed by atoms with E-state index in [1.165, 1.54) is 0 Å². The second-order valence-corrected chi connectivity index (χ2v) is 7.54. The first-order chi connectivity index (χ1) is 14.6. The molecule has 0 unspecified atom stereocenters. The molecule has 30 heavy (non-hydrogen) atoms. The molecule has 2 aromatic heterocycles. The number of aryl methyl sites for hydroxylation is 2. The third-order valence-electron chi connectivity index (χ3n) is 5.72. The van der Waals surface area contributed by atoms with Crippen LogP contribution in [0.15, 0.2) is 42.7 Å². The lowest BCUT2D eigenvalue weighted by Gasteiger charge is -2.34. The van der Waals surface area contributed by atoms with Crippen molar-refractivity contribution in [2.75, 3.05) is 39.8 Å². The van der Waals surface area contributed by atoms with Crippen molar-refractivity contribution in [1.82, 2.24) is 29.1 Å². The number of carbonyl (C=O) groups is 1. The maximum Gasteiger partial charge on any atom is 0.272 e. The molecule has 0 bridgehead atoms. The fourth-order valence-corrected chi connectivity index (χ4v) is 3.88. The summed E-state index contributed by atoms with van der Waals surface area (Å²) in [5.74, 6) is 1.80. The number of piperazine rings is 1. The van der Waals surface area contributed by atoms with Crippen molar-refractivity contribution >= 4 is 5.91 Å². The minimum atomic E-state index is 0.0243. The highest BCUT2D eigenvalue weighted by atomic mass is 16.5. The third-order valence-corrected chi connectivity index (χ3v) is 5.72. The highest BCUT2D eigenvalue weighted by molar-refractivity contribution is 5.94. The SMILES string of the molecule is COc1ccccc1-c1cc(C(=O)N2CCN(CCn3ccnc3C)CC2)n(C)n1. The fourth-order valence-electron chi connectivity index (χ4n) is 3.88. The summed E-state index contributed by atoms with van der Waals surface area (Å²) < 4.78 is 9.26. The van der Waals surface area contributed by atoms with Gasteiger partial charge in [-0.15, -0.1) is 0 Å². The van der Waals surface area contributed by atoms with Crippen molar-refractivity contribution in [3.63, 3.8) is 0 Å². The van der Waals surface area contributed by atoms with Crippen LogP contribution in [0.2, 0.25) is 0 Å². The average Bonchev–Trinajstić information content (AvgIpc) is 3.37. The monoisotopic (exact) mass is 408 g/mol. The molecule has 3 aromatic rings. The first-order valence-corrected chi connectivity index (χ1v) is 10.2. The topological polar surface area (TPSA) is 68.4 Å². The van der Waals surface area contributed by atoms with E-state index in [2.05, 4.69) is 19.5 Å². The summed E-state index contributed by atoms with van der Waals surface area (Å²) in [6, 6.07) is 9.57. The Bertz CT molecular complexity index is 1020. The van der Waals surface area contributed by atoms with E-state index in [1.807, 2.05) is 61.6 Å². The van der Waals surface area contributed by atoms with E-state index in [9.17, 15) is 4.79 Å². The number of methoxy groups -OCH3 is 1. The molecule has 0 radical (unpaired) electrons. The highest BCUT2D eigenvalue weighted by Crippen LogP contribution is 2.29. The highest BCUT2D eigenvalue weighted by Gasteiger charge is 2.25. The van der Waals surface area contributed by atoms with Crippen LogP contribution in [0.3, 0.4) is 0 Å². The van der Waals surface area contributed by atoms with Crippen LogP contribution < -0.4 is 4.74 Å². The molecule has 0 N–H and O–H groups in total. The van der Waals surface area contributed by atoms with Gasteiger partial charge in [-0.2, -0.15) is 5.10 Å². The third kappa shape index (κ3) is 4.09. The molecule has 1 saturated heterocycles. The Labute approximate surface area is 176 Å². The second kappa shape index (κ2) is 8.71. The van der Waals surface area contributed by atoms with Crippen LogP contribution in [0.25, 0.3) is 11.3 Å². The van der Waals surface area contributed by atoms with E-state index in [-0.39, 0.29) is 5.91 Å². The molecule has 1 fully saturated rings. The smallest absolute Gasteiger partial charge is 0.272 e. The Balaban J connectivity index is 1.39. The minimum absolute atomic E-state index is 0.0243. The lowest BCUT2D eigenvalue weighted by Crippen LogP contribution is -2.49. The predicted octanol–water partition coefficient (Wildman–Crippen LogP) is 2.06. The number of imidazole rings is 1. The van der Waals surface area contributed by atoms with Crippen LogP contribution in [-0.2, 0) is 13.6 Å². The Morgan fingerprint density at radius 1 is 1.13 bits per heavy atom. The summed E-state index contributed by atoms with van der Waals surface area (Å²) in [6.45, 7) is 7.08. The molecule has 1 aliphatic rings. The molecule has 8 nitrogen and oxygen atoms in total. The number of benzene rings is 1. The quantitative estimate of drug-likeness (QED) is 0.625. The van der Waals surface area contributed by atoms with E-state index in [0.29, 0.717) is 5.69 Å². The number of amides is 1. The standard InChI is InChI=1S/C22H28N6O2/c1-17-23-8-9-27(17)13-10-26-11-14-28(15-12-26)22(29)20-16-19(24-25(20)2)18-6-4-5-7-21(18)30-3/h4-9,16H,10-15H2,1-3H3. The van der Waals surface area contributed by atoms with Gasteiger partial charge in [-0.1, -0.05) is 12.1 Å². The summed E-state index contributed by atoms with van der Waals surface area (Å²) in [5.41, 5.74) is 2.22. The van der Waals surface area contributed by atoms with Gasteiger partial charge in [0.1, 0.15) is 17.3 Å². The van der Waals surface area contributed by atoms with Crippen LogP contribution in [0.1, 0.15) is 16.3 Å². The molecule has 1 aliphatic heterocycles. The van der Waals surface area contributed by atoms with Gasteiger partial charge in [0.15, 0.2) is 0 Å². The number of para-hydroxylation sites is 1. The first-order valence-electron chi connectivity index (χ1n) is 10.2. The van der Waals surface area contributed by atoms with E-state index in [0.717, 1.165) is 62.1 Å². The maximum absolute atomic E-state index is 13.1. The minimum Gasteiger partial charge on any atom is -0.496 e. The van der Waals surface area contributed by atoms with Gasteiger partial charge in [0.05, 0.1) is 12.8 Å². The van der Waals surface area contributed by atoms with Gasteiger partial charge in [-0.05, 0) is 25.1 Å². The first kappa shape index (κ1) is 20.2. The Hall–Kier alpha value is -3.13. The lowest BCUT2D eigenvalue weighted by atomic mass is 10.1. The van der Waals surface area contributed by atoms with Crippen molar-refractivity contribution in [3.05, 3.63) is 54.2 Å². The van der Waals surface area contributed by atoms with Gasteiger partial charge < -0.3 is 14.2 Å². The molecular weight excluding hydrogens is 380 g/mol. The van der Waals surface area contributed by atoms with Gasteiger partial charge in [0.25, 0.3) is 5.91 Å². The summed E-state index contributed by atoms with van der Waals surface area (Å²) in [7, 11) is 3.46. The molecule has 158 valence electrons. The zero-order valence-corrected chi connectivity index (χ0v) is 17.8.